The van der Waals surface area contributed by atoms with E-state index in [1.165, 1.54) is 49.6 Å². The van der Waals surface area contributed by atoms with Gasteiger partial charge < -0.3 is 14.6 Å². The molecule has 9 nitrogen and oxygen atoms in total. The number of halogens is 2. The topological polar surface area (TPSA) is 115 Å². The first kappa shape index (κ1) is 23.5. The van der Waals surface area contributed by atoms with Gasteiger partial charge in [0.2, 0.25) is 11.8 Å². The highest BCUT2D eigenvalue weighted by Gasteiger charge is 2.19. The van der Waals surface area contributed by atoms with Crippen molar-refractivity contribution >= 4 is 50.1 Å². The second kappa shape index (κ2) is 8.92. The quantitative estimate of drug-likeness (QED) is 0.409. The first-order valence-corrected chi connectivity index (χ1v) is 11.7. The molecule has 0 bridgehead atoms. The summed E-state index contributed by atoms with van der Waals surface area (Å²) in [7, 11) is -0.906. The van der Waals surface area contributed by atoms with Gasteiger partial charge in [0.05, 0.1) is 22.5 Å². The van der Waals surface area contributed by atoms with Gasteiger partial charge in [0, 0.05) is 29.9 Å². The van der Waals surface area contributed by atoms with Gasteiger partial charge in [-0.05, 0) is 49.4 Å². The van der Waals surface area contributed by atoms with E-state index in [4.69, 9.17) is 16.3 Å². The van der Waals surface area contributed by atoms with E-state index >= 15 is 0 Å². The molecule has 1 amide bonds. The van der Waals surface area contributed by atoms with Gasteiger partial charge in [-0.15, -0.1) is 0 Å². The number of aryl methyl sites for hydroxylation is 2. The first-order chi connectivity index (χ1) is 16.1. The summed E-state index contributed by atoms with van der Waals surface area (Å²) in [5.74, 6) is -0.948. The molecule has 2 N–H and O–H groups in total. The summed E-state index contributed by atoms with van der Waals surface area (Å²) in [4.78, 5) is 20.8. The predicted octanol–water partition coefficient (Wildman–Crippen LogP) is 4.13. The van der Waals surface area contributed by atoms with Gasteiger partial charge in [-0.1, -0.05) is 11.6 Å². The average Bonchev–Trinajstić information content (AvgIpc) is 3.13. The third kappa shape index (κ3) is 4.52. The van der Waals surface area contributed by atoms with Crippen molar-refractivity contribution in [2.75, 3.05) is 17.1 Å². The minimum Gasteiger partial charge on any atom is -0.481 e. The maximum absolute atomic E-state index is 13.8. The highest BCUT2D eigenvalue weighted by atomic mass is 35.5. The van der Waals surface area contributed by atoms with Crippen LogP contribution in [0.3, 0.4) is 0 Å². The third-order valence-corrected chi connectivity index (χ3v) is 6.76. The monoisotopic (exact) mass is 503 g/mol. The van der Waals surface area contributed by atoms with Crippen molar-refractivity contribution in [3.8, 4) is 5.88 Å². The molecule has 0 atom stereocenters. The van der Waals surface area contributed by atoms with Crippen molar-refractivity contribution in [3.05, 3.63) is 70.8 Å². The molecule has 0 aliphatic carbocycles. The zero-order valence-electron chi connectivity index (χ0n) is 18.3. The Morgan fingerprint density at radius 1 is 1.12 bits per heavy atom. The molecule has 2 heterocycles. The number of hydrogen-bond acceptors (Lipinski definition) is 6. The minimum absolute atomic E-state index is 0.0542. The van der Waals surface area contributed by atoms with Crippen molar-refractivity contribution in [1.82, 2.24) is 14.5 Å². The van der Waals surface area contributed by atoms with Crippen molar-refractivity contribution < 1.29 is 22.3 Å². The summed E-state index contributed by atoms with van der Waals surface area (Å²) in [6.45, 7) is 1.68. The smallest absolute Gasteiger partial charge is 0.272 e. The number of amides is 1. The standard InChI is InChI=1S/C22H19ClFN5O4S/c1-12-10-19(33-3)27-22(25-12)28-34(31,32)14-6-4-13(5-7-14)26-21(30)18-11-15-17(29(18)2)9-8-16(24)20(15)23/h4-11H,1-3H3,(H,26,30)(H,25,27,28). The largest absolute Gasteiger partial charge is 0.481 e. The van der Waals surface area contributed by atoms with Crippen LogP contribution in [0.1, 0.15) is 16.2 Å². The van der Waals surface area contributed by atoms with Gasteiger partial charge >= 0.3 is 0 Å². The third-order valence-electron chi connectivity index (χ3n) is 5.03. The molecule has 0 aliphatic heterocycles. The Balaban J connectivity index is 1.53. The van der Waals surface area contributed by atoms with Crippen molar-refractivity contribution in [1.29, 1.82) is 0 Å². The Labute approximate surface area is 199 Å². The minimum atomic E-state index is -3.98. The molecule has 0 aliphatic rings. The number of carbonyl (C=O) groups is 1. The second-order valence-electron chi connectivity index (χ2n) is 7.34. The van der Waals surface area contributed by atoms with Gasteiger partial charge in [-0.2, -0.15) is 4.98 Å². The SMILES string of the molecule is COc1cc(C)nc(NS(=O)(=O)c2ccc(NC(=O)c3cc4c(Cl)c(F)ccc4n3C)cc2)n1. The van der Waals surface area contributed by atoms with Gasteiger partial charge in [-0.3, -0.25) is 4.79 Å². The van der Waals surface area contributed by atoms with E-state index < -0.39 is 21.7 Å². The second-order valence-corrected chi connectivity index (χ2v) is 9.40. The Bertz CT molecular complexity index is 1520. The summed E-state index contributed by atoms with van der Waals surface area (Å²) in [5, 5.41) is 3.04. The van der Waals surface area contributed by atoms with Crippen LogP contribution in [0.5, 0.6) is 5.88 Å². The van der Waals surface area contributed by atoms with Crippen LogP contribution < -0.4 is 14.8 Å². The van der Waals surface area contributed by atoms with E-state index in [9.17, 15) is 17.6 Å². The zero-order valence-corrected chi connectivity index (χ0v) is 19.8. The molecular formula is C22H19ClFN5O4S. The van der Waals surface area contributed by atoms with E-state index in [0.29, 0.717) is 22.3 Å². The molecule has 0 radical (unpaired) electrons. The normalized spacial score (nSPS) is 11.4. The number of carbonyl (C=O) groups excluding carboxylic acids is 1. The molecule has 0 saturated carbocycles. The fourth-order valence-corrected chi connectivity index (χ4v) is 4.51. The summed E-state index contributed by atoms with van der Waals surface area (Å²) < 4.78 is 48.1. The van der Waals surface area contributed by atoms with Crippen LogP contribution in [0.25, 0.3) is 10.9 Å². The van der Waals surface area contributed by atoms with E-state index in [2.05, 4.69) is 20.0 Å². The molecule has 12 heteroatoms. The highest BCUT2D eigenvalue weighted by molar-refractivity contribution is 7.92. The van der Waals surface area contributed by atoms with Crippen LogP contribution in [0.4, 0.5) is 16.0 Å². The number of nitrogens with one attached hydrogen (secondary N) is 2. The summed E-state index contributed by atoms with van der Waals surface area (Å²) in [6, 6.07) is 11.4. The number of rotatable bonds is 6. The number of anilines is 2. The summed E-state index contributed by atoms with van der Waals surface area (Å²) >= 11 is 6.02. The lowest BCUT2D eigenvalue weighted by Crippen LogP contribution is -2.17. The number of benzene rings is 2. The molecule has 0 saturated heterocycles. The number of fused-ring (bicyclic) bond motifs is 1. The van der Waals surface area contributed by atoms with Crippen molar-refractivity contribution in [2.45, 2.75) is 11.8 Å². The molecule has 0 spiro atoms. The number of hydrogen-bond donors (Lipinski definition) is 2. The maximum Gasteiger partial charge on any atom is 0.272 e. The van der Waals surface area contributed by atoms with Crippen LogP contribution >= 0.6 is 11.6 Å². The average molecular weight is 504 g/mol. The van der Waals surface area contributed by atoms with E-state index in [-0.39, 0.29) is 27.4 Å². The van der Waals surface area contributed by atoms with Crippen molar-refractivity contribution in [2.24, 2.45) is 7.05 Å². The molecule has 176 valence electrons. The fraction of sp³-hybridized carbons (Fsp3) is 0.136. The Hall–Kier alpha value is -3.70. The van der Waals surface area contributed by atoms with Crippen LogP contribution in [-0.2, 0) is 17.1 Å². The molecule has 4 rings (SSSR count). The van der Waals surface area contributed by atoms with Crippen LogP contribution in [0, 0.1) is 12.7 Å². The van der Waals surface area contributed by atoms with Crippen molar-refractivity contribution in [3.63, 3.8) is 0 Å². The molecule has 2 aromatic carbocycles. The first-order valence-electron chi connectivity index (χ1n) is 9.86. The Morgan fingerprint density at radius 2 is 1.82 bits per heavy atom. The lowest BCUT2D eigenvalue weighted by atomic mass is 10.2. The number of aromatic nitrogens is 3. The van der Waals surface area contributed by atoms with E-state index in [1.807, 2.05) is 0 Å². The van der Waals surface area contributed by atoms with E-state index in [0.717, 1.165) is 0 Å². The zero-order chi connectivity index (χ0) is 24.6. The maximum atomic E-state index is 13.8. The van der Waals surface area contributed by atoms with Crippen LogP contribution in [-0.4, -0.2) is 36.0 Å². The Kier molecular flexibility index (Phi) is 6.15. The van der Waals surface area contributed by atoms with Crippen LogP contribution in [0.2, 0.25) is 5.02 Å². The lowest BCUT2D eigenvalue weighted by molar-refractivity contribution is 0.101. The molecule has 34 heavy (non-hydrogen) atoms. The predicted molar refractivity (Wildman–Crippen MR) is 126 cm³/mol. The molecule has 4 aromatic rings. The highest BCUT2D eigenvalue weighted by Crippen LogP contribution is 2.29. The number of ether oxygens (including phenoxy) is 1. The van der Waals surface area contributed by atoms with Gasteiger partial charge in [0.25, 0.3) is 15.9 Å². The molecule has 2 aromatic heterocycles. The summed E-state index contributed by atoms with van der Waals surface area (Å²) in [5.41, 5.74) is 1.74. The number of methoxy groups -OCH3 is 1. The molecular weight excluding hydrogens is 485 g/mol. The number of nitrogens with zero attached hydrogens (tertiary/aromatic N) is 3. The van der Waals surface area contributed by atoms with Crippen LogP contribution in [0.15, 0.2) is 53.4 Å². The van der Waals surface area contributed by atoms with E-state index in [1.54, 1.807) is 24.6 Å². The van der Waals surface area contributed by atoms with Gasteiger partial charge in [0.15, 0.2) is 0 Å². The lowest BCUT2D eigenvalue weighted by Gasteiger charge is -2.10. The van der Waals surface area contributed by atoms with Gasteiger partial charge in [0.1, 0.15) is 11.5 Å². The van der Waals surface area contributed by atoms with Gasteiger partial charge in [-0.25, -0.2) is 22.5 Å². The Morgan fingerprint density at radius 3 is 2.50 bits per heavy atom. The number of sulfonamides is 1. The fourth-order valence-electron chi connectivity index (χ4n) is 3.35. The summed E-state index contributed by atoms with van der Waals surface area (Å²) in [6.07, 6.45) is 0. The molecule has 0 unspecified atom stereocenters. The molecule has 0 fully saturated rings.